The molecule has 3 heterocycles. The average Bonchev–Trinajstić information content (AvgIpc) is 3.66. The number of carbonyl (C=O) groups is 4. The molecule has 0 aliphatic carbocycles. The maximum absolute atomic E-state index is 12.5. The van der Waals surface area contributed by atoms with E-state index in [4.69, 9.17) is 10.5 Å². The van der Waals surface area contributed by atoms with E-state index in [0.717, 1.165) is 37.1 Å². The number of amides is 2. The van der Waals surface area contributed by atoms with Gasteiger partial charge in [0.25, 0.3) is 20.8 Å². The molecule has 1 aliphatic rings. The van der Waals surface area contributed by atoms with Crippen molar-refractivity contribution >= 4 is 75.1 Å². The number of aliphatic hydroxyl groups is 3. The quantitative estimate of drug-likeness (QED) is 0.0278. The number of aromatic nitrogens is 4. The maximum Gasteiger partial charge on any atom is 0.274 e. The van der Waals surface area contributed by atoms with Crippen LogP contribution in [0.1, 0.15) is 32.9 Å². The number of hydrogen-bond acceptors (Lipinski definition) is 25. The number of nitrogen functional groups attached to an aromatic ring is 1. The first kappa shape index (κ1) is 47.9. The molecule has 1 fully saturated rings. The Morgan fingerprint density at radius 3 is 2.40 bits per heavy atom. The Balaban J connectivity index is 1.48. The molecule has 2 unspecified atom stereocenters. The minimum absolute atomic E-state index is 0.00375. The number of aliphatic hydroxyl groups excluding tert-OH is 3. The first-order valence-electron chi connectivity index (χ1n) is 15.9. The second-order valence-electron chi connectivity index (χ2n) is 12.3. The largest absolute Gasteiger partial charge is 0.790 e. The molecular weight excluding hydrogens is 855 g/mol. The smallest absolute Gasteiger partial charge is 0.274 e. The van der Waals surface area contributed by atoms with Gasteiger partial charge in [-0.15, -0.1) is 0 Å². The number of rotatable bonds is 22. The van der Waals surface area contributed by atoms with Gasteiger partial charge in [-0.2, -0.15) is 0 Å². The highest BCUT2D eigenvalue weighted by Crippen LogP contribution is 2.56. The summed E-state index contributed by atoms with van der Waals surface area (Å²) in [5, 5.41) is 44.9. The number of carboxylic acid groups (broad SMARTS) is 1. The molecule has 2 aromatic rings. The van der Waals surface area contributed by atoms with Crippen molar-refractivity contribution in [3.8, 4) is 0 Å². The van der Waals surface area contributed by atoms with Crippen LogP contribution in [0.25, 0.3) is 11.2 Å². The summed E-state index contributed by atoms with van der Waals surface area (Å²) in [5.74, 6) is -4.10. The normalized spacial score (nSPS) is 21.7. The lowest BCUT2D eigenvalue weighted by molar-refractivity contribution is -0.347. The summed E-state index contributed by atoms with van der Waals surface area (Å²) in [5.41, 5.74) is 3.96. The first-order chi connectivity index (χ1) is 26.3. The molecule has 57 heavy (non-hydrogen) atoms. The van der Waals surface area contributed by atoms with Crippen molar-refractivity contribution in [2.45, 2.75) is 57.3 Å². The van der Waals surface area contributed by atoms with Crippen LogP contribution < -0.4 is 41.0 Å². The number of thioether (sulfide) groups is 1. The molecule has 320 valence electrons. The van der Waals surface area contributed by atoms with Crippen LogP contribution in [0.3, 0.4) is 0 Å². The number of fused-ring (bicyclic) bond motifs is 1. The SMILES string of the molecule is CC(C)(COP(=O)([O-])OP(=O)([O-])OC[C@H]1O[C@@H](n2cnc3c(N)ncnc32)[C@H](O)[C@@H]1OP(=O)([O-])[O-])[C@@H](O)C(=O)NCCC(=O)NCCSC(=O)/C(O)=C/CC(=O)[O-]. The Kier molecular flexibility index (Phi) is 16.8. The van der Waals surface area contributed by atoms with Crippen molar-refractivity contribution in [2.75, 3.05) is 37.8 Å². The fraction of sp³-hybridized carbons (Fsp3) is 0.577. The predicted octanol–water partition coefficient (Wildman–Crippen LogP) is -5.28. The van der Waals surface area contributed by atoms with E-state index in [1.54, 1.807) is 0 Å². The van der Waals surface area contributed by atoms with E-state index in [0.29, 0.717) is 11.8 Å². The minimum atomic E-state index is -5.95. The number of ether oxygens (including phenoxy) is 1. The van der Waals surface area contributed by atoms with Gasteiger partial charge in [-0.25, -0.2) is 19.3 Å². The lowest BCUT2D eigenvalue weighted by atomic mass is 9.87. The fourth-order valence-corrected chi connectivity index (χ4v) is 7.94. The monoisotopic (exact) mass is 890 g/mol. The van der Waals surface area contributed by atoms with Crippen molar-refractivity contribution in [1.82, 2.24) is 30.2 Å². The second kappa shape index (κ2) is 20.0. The van der Waals surface area contributed by atoms with Gasteiger partial charge in [0.15, 0.2) is 23.5 Å². The van der Waals surface area contributed by atoms with Crippen LogP contribution in [0, 0.1) is 5.41 Å². The number of hydrogen-bond donors (Lipinski definition) is 6. The van der Waals surface area contributed by atoms with Gasteiger partial charge in [0.2, 0.25) is 11.8 Å². The summed E-state index contributed by atoms with van der Waals surface area (Å²) in [4.78, 5) is 106. The van der Waals surface area contributed by atoms with Crippen LogP contribution in [0.2, 0.25) is 0 Å². The fourth-order valence-electron chi connectivity index (χ4n) is 4.59. The van der Waals surface area contributed by atoms with Crippen LogP contribution in [-0.2, 0) is 55.5 Å². The summed E-state index contributed by atoms with van der Waals surface area (Å²) in [6.07, 6.45) is -7.82. The molecule has 31 heteroatoms. The number of carboxylic acids is 1. The second-order valence-corrected chi connectivity index (χ2v) is 17.4. The molecule has 1 saturated heterocycles. The number of nitrogens with one attached hydrogen (secondary N) is 2. The van der Waals surface area contributed by atoms with Crippen molar-refractivity contribution in [1.29, 1.82) is 0 Å². The van der Waals surface area contributed by atoms with Gasteiger partial charge in [0.05, 0.1) is 27.4 Å². The van der Waals surface area contributed by atoms with Crippen LogP contribution in [0.4, 0.5) is 5.82 Å². The van der Waals surface area contributed by atoms with E-state index < -0.39 is 108 Å². The summed E-state index contributed by atoms with van der Waals surface area (Å²) >= 11 is 0.587. The Hall–Kier alpha value is -3.43. The standard InChI is InChI=1S/C26H40N7O20P3S/c1-26(2,20(39)23(40)29-6-5-15(35)28-7-8-57-25(41)13(34)3-4-16(36)37)10-50-56(47,48)53-55(45,46)49-9-14-19(52-54(42,43)44)18(38)24(51-14)33-12-32-17-21(27)30-11-31-22(17)33/h3,11-12,14,18-20,24,34,38-39H,4-10H2,1-2H3,(H,28,35)(H,29,40)(H,36,37)(H,45,46)(H,47,48)(H2,27,30,31)(H2,42,43,44)/p-5/b13-3-/t14-,18-,19-,20+,24-/m1/s1. The third kappa shape index (κ3) is 14.7. The van der Waals surface area contributed by atoms with Gasteiger partial charge < -0.3 is 84.0 Å². The summed E-state index contributed by atoms with van der Waals surface area (Å²) in [6, 6.07) is 0. The number of aliphatic carboxylic acids is 1. The molecule has 7 atom stereocenters. The van der Waals surface area contributed by atoms with Gasteiger partial charge in [-0.3, -0.25) is 28.1 Å². The molecule has 0 radical (unpaired) electrons. The number of phosphoric acid groups is 3. The number of imidazole rings is 1. The number of nitrogens with two attached hydrogens (primary N) is 1. The van der Waals surface area contributed by atoms with Gasteiger partial charge in [-0.05, 0) is 6.08 Å². The molecule has 0 spiro atoms. The number of anilines is 1. The first-order valence-corrected chi connectivity index (χ1v) is 21.3. The third-order valence-electron chi connectivity index (χ3n) is 7.38. The van der Waals surface area contributed by atoms with Crippen molar-refractivity contribution in [2.24, 2.45) is 5.41 Å². The zero-order valence-electron chi connectivity index (χ0n) is 29.5. The molecule has 0 saturated carbocycles. The van der Waals surface area contributed by atoms with Crippen molar-refractivity contribution in [3.05, 3.63) is 24.5 Å². The van der Waals surface area contributed by atoms with E-state index in [9.17, 15) is 72.9 Å². The highest BCUT2D eigenvalue weighted by molar-refractivity contribution is 8.14. The lowest BCUT2D eigenvalue weighted by Gasteiger charge is -2.36. The van der Waals surface area contributed by atoms with E-state index in [-0.39, 0.29) is 42.2 Å². The Morgan fingerprint density at radius 1 is 1.09 bits per heavy atom. The van der Waals surface area contributed by atoms with E-state index in [1.165, 1.54) is 0 Å². The Labute approximate surface area is 325 Å². The van der Waals surface area contributed by atoms with Gasteiger partial charge >= 0.3 is 0 Å². The van der Waals surface area contributed by atoms with E-state index in [2.05, 4.69) is 43.5 Å². The molecule has 27 nitrogen and oxygen atoms in total. The van der Waals surface area contributed by atoms with Crippen LogP contribution in [-0.4, -0.2) is 114 Å². The van der Waals surface area contributed by atoms with Gasteiger partial charge in [0.1, 0.15) is 36.3 Å². The Bertz CT molecular complexity index is 1960. The molecular formula is C26H35N7O20P3S-5. The van der Waals surface area contributed by atoms with Crippen LogP contribution >= 0.6 is 35.2 Å². The van der Waals surface area contributed by atoms with Crippen molar-refractivity contribution < 1.29 is 95.5 Å². The zero-order chi connectivity index (χ0) is 42.9. The summed E-state index contributed by atoms with van der Waals surface area (Å²) in [6.45, 7) is -0.430. The topological polar surface area (TPSA) is 435 Å². The summed E-state index contributed by atoms with van der Waals surface area (Å²) in [7, 11) is -17.7. The number of nitrogens with zero attached hydrogens (tertiary/aromatic N) is 4. The van der Waals surface area contributed by atoms with Gasteiger partial charge in [0, 0.05) is 43.1 Å². The molecule has 7 N–H and O–H groups in total. The average molecular weight is 891 g/mol. The number of carbonyl (C=O) groups excluding carboxylic acids is 4. The zero-order valence-corrected chi connectivity index (χ0v) is 33.0. The Morgan fingerprint density at radius 2 is 1.75 bits per heavy atom. The van der Waals surface area contributed by atoms with Gasteiger partial charge in [-0.1, -0.05) is 25.6 Å². The molecule has 0 bridgehead atoms. The number of phosphoric ester groups is 3. The van der Waals surface area contributed by atoms with Crippen molar-refractivity contribution in [3.63, 3.8) is 0 Å². The highest BCUT2D eigenvalue weighted by atomic mass is 32.2. The highest BCUT2D eigenvalue weighted by Gasteiger charge is 2.47. The van der Waals surface area contributed by atoms with Crippen LogP contribution in [0.5, 0.6) is 0 Å². The van der Waals surface area contributed by atoms with E-state index in [1.807, 2.05) is 0 Å². The lowest BCUT2D eigenvalue weighted by Crippen LogP contribution is -2.46. The molecule has 2 aromatic heterocycles. The third-order valence-corrected chi connectivity index (χ3v) is 11.3. The predicted molar refractivity (Wildman–Crippen MR) is 179 cm³/mol. The minimum Gasteiger partial charge on any atom is -0.790 e. The maximum atomic E-state index is 12.5. The summed E-state index contributed by atoms with van der Waals surface area (Å²) < 4.78 is 60.3. The van der Waals surface area contributed by atoms with E-state index >= 15 is 0 Å². The molecule has 1 aliphatic heterocycles. The molecule has 0 aromatic carbocycles. The molecule has 3 rings (SSSR count). The van der Waals surface area contributed by atoms with Crippen LogP contribution in [0.15, 0.2) is 24.5 Å². The molecule has 2 amide bonds.